The summed E-state index contributed by atoms with van der Waals surface area (Å²) in [5, 5.41) is 0. The van der Waals surface area contributed by atoms with Gasteiger partial charge in [0.2, 0.25) is 12.7 Å². The number of carbonyl (C=O) groups is 2. The number of benzene rings is 1. The van der Waals surface area contributed by atoms with Crippen LogP contribution in [-0.2, 0) is 23.1 Å². The largest absolute Gasteiger partial charge is 0.454 e. The molecule has 1 aromatic rings. The summed E-state index contributed by atoms with van der Waals surface area (Å²) in [6.07, 6.45) is -0.791. The first-order valence-electron chi connectivity index (χ1n) is 9.92. The Bertz CT molecular complexity index is 855. The molecule has 2 atom stereocenters. The molecule has 9 nitrogen and oxygen atoms in total. The number of ether oxygens (including phenoxy) is 3. The Morgan fingerprint density at radius 2 is 1.80 bits per heavy atom. The zero-order valence-electron chi connectivity index (χ0n) is 17.9. The highest BCUT2D eigenvalue weighted by Crippen LogP contribution is 2.60. The molecule has 2 amide bonds. The number of hydrogen-bond donors (Lipinski definition) is 0. The van der Waals surface area contributed by atoms with Gasteiger partial charge in [0.25, 0.3) is 0 Å². The topological polar surface area (TPSA) is 101 Å². The molecule has 1 fully saturated rings. The lowest BCUT2D eigenvalue weighted by Gasteiger charge is -2.26. The molecule has 2 heterocycles. The Balaban J connectivity index is 2.01. The fraction of sp³-hybridized carbons (Fsp3) is 0.600. The highest BCUT2D eigenvalue weighted by molar-refractivity contribution is 7.55. The molecule has 1 saturated heterocycles. The van der Waals surface area contributed by atoms with E-state index in [-0.39, 0.29) is 26.6 Å². The van der Waals surface area contributed by atoms with Crippen LogP contribution in [0.2, 0.25) is 0 Å². The van der Waals surface area contributed by atoms with Crippen LogP contribution in [0.25, 0.3) is 0 Å². The molecular weight excluding hydrogens is 413 g/mol. The maximum absolute atomic E-state index is 13.6. The Kier molecular flexibility index (Phi) is 6.45. The van der Waals surface area contributed by atoms with Crippen LogP contribution in [0, 0.1) is 0 Å². The van der Waals surface area contributed by atoms with E-state index >= 15 is 0 Å². The zero-order valence-corrected chi connectivity index (χ0v) is 18.8. The molecule has 166 valence electrons. The molecule has 0 aromatic heterocycles. The fourth-order valence-electron chi connectivity index (χ4n) is 3.54. The van der Waals surface area contributed by atoms with Crippen LogP contribution in [0.1, 0.15) is 46.1 Å². The summed E-state index contributed by atoms with van der Waals surface area (Å²) in [6, 6.07) is 5.22. The first-order valence-corrected chi connectivity index (χ1v) is 11.5. The van der Waals surface area contributed by atoms with E-state index in [1.54, 1.807) is 52.8 Å². The van der Waals surface area contributed by atoms with E-state index in [1.807, 2.05) is 0 Å². The van der Waals surface area contributed by atoms with Gasteiger partial charge in [-0.1, -0.05) is 6.07 Å². The van der Waals surface area contributed by atoms with E-state index in [0.717, 1.165) is 4.90 Å². The average molecular weight is 441 g/mol. The third kappa shape index (κ3) is 4.48. The van der Waals surface area contributed by atoms with E-state index in [1.165, 1.54) is 0 Å². The van der Waals surface area contributed by atoms with Gasteiger partial charge in [-0.2, -0.15) is 0 Å². The van der Waals surface area contributed by atoms with Crippen molar-refractivity contribution < 1.29 is 37.4 Å². The summed E-state index contributed by atoms with van der Waals surface area (Å²) in [5.41, 5.74) is -1.29. The quantitative estimate of drug-likeness (QED) is 0.613. The van der Waals surface area contributed by atoms with Gasteiger partial charge < -0.3 is 23.3 Å². The lowest BCUT2D eigenvalue weighted by atomic mass is 9.97. The number of carbonyl (C=O) groups excluding carboxylic acids is 2. The molecule has 10 heteroatoms. The van der Waals surface area contributed by atoms with E-state index in [4.69, 9.17) is 23.3 Å². The SMILES string of the molecule is CCOP(=O)(OCC)[C@@H]1C(=O)N(C(=O)OC(C)(C)C)C[C@H]1c1ccc2c(c1)OCO2. The minimum Gasteiger partial charge on any atom is -0.454 e. The second kappa shape index (κ2) is 8.57. The van der Waals surface area contributed by atoms with E-state index in [2.05, 4.69) is 0 Å². The van der Waals surface area contributed by atoms with Gasteiger partial charge in [0.1, 0.15) is 11.3 Å². The Hall–Kier alpha value is -2.09. The number of nitrogens with zero attached hydrogens (tertiary/aromatic N) is 1. The number of likely N-dealkylation sites (tertiary alicyclic amines) is 1. The van der Waals surface area contributed by atoms with Gasteiger partial charge in [0.15, 0.2) is 11.5 Å². The summed E-state index contributed by atoms with van der Waals surface area (Å²) in [6.45, 7) is 8.77. The van der Waals surface area contributed by atoms with Crippen molar-refractivity contribution in [2.75, 3.05) is 26.6 Å². The van der Waals surface area contributed by atoms with Crippen LogP contribution in [0.5, 0.6) is 11.5 Å². The molecule has 0 bridgehead atoms. The predicted molar refractivity (Wildman–Crippen MR) is 108 cm³/mol. The van der Waals surface area contributed by atoms with Crippen LogP contribution in [-0.4, -0.2) is 54.7 Å². The summed E-state index contributed by atoms with van der Waals surface area (Å²) in [5.74, 6) is -0.154. The van der Waals surface area contributed by atoms with Crippen molar-refractivity contribution >= 4 is 19.6 Å². The predicted octanol–water partition coefficient (Wildman–Crippen LogP) is 3.91. The van der Waals surface area contributed by atoms with Crippen molar-refractivity contribution in [2.45, 2.75) is 51.8 Å². The number of fused-ring (bicyclic) bond motifs is 1. The minimum absolute atomic E-state index is 0.0117. The highest BCUT2D eigenvalue weighted by atomic mass is 31.2. The number of amides is 2. The lowest BCUT2D eigenvalue weighted by molar-refractivity contribution is -0.127. The maximum Gasteiger partial charge on any atom is 0.417 e. The second-order valence-corrected chi connectivity index (χ2v) is 10.1. The van der Waals surface area contributed by atoms with Gasteiger partial charge in [0, 0.05) is 12.5 Å². The molecule has 30 heavy (non-hydrogen) atoms. The molecule has 2 aliphatic heterocycles. The smallest absolute Gasteiger partial charge is 0.417 e. The molecule has 3 rings (SSSR count). The molecule has 0 radical (unpaired) electrons. The van der Waals surface area contributed by atoms with Crippen molar-refractivity contribution in [1.82, 2.24) is 4.90 Å². The van der Waals surface area contributed by atoms with Crippen molar-refractivity contribution in [3.05, 3.63) is 23.8 Å². The monoisotopic (exact) mass is 441 g/mol. The van der Waals surface area contributed by atoms with E-state index < -0.39 is 36.8 Å². The fourth-order valence-corrected chi connectivity index (χ4v) is 5.78. The van der Waals surface area contributed by atoms with Crippen LogP contribution in [0.3, 0.4) is 0 Å². The normalized spacial score (nSPS) is 21.2. The molecule has 2 aliphatic rings. The first-order chi connectivity index (χ1) is 14.1. The Morgan fingerprint density at radius 1 is 1.17 bits per heavy atom. The molecule has 0 spiro atoms. The van der Waals surface area contributed by atoms with Gasteiger partial charge >= 0.3 is 13.7 Å². The van der Waals surface area contributed by atoms with Crippen LogP contribution < -0.4 is 9.47 Å². The van der Waals surface area contributed by atoms with E-state index in [9.17, 15) is 14.2 Å². The molecular formula is C20H28NO8P. The van der Waals surface area contributed by atoms with Crippen LogP contribution in [0.4, 0.5) is 4.79 Å². The lowest BCUT2D eigenvalue weighted by Crippen LogP contribution is -2.39. The third-order valence-electron chi connectivity index (χ3n) is 4.68. The number of rotatable bonds is 6. The molecule has 0 saturated carbocycles. The summed E-state index contributed by atoms with van der Waals surface area (Å²) >= 11 is 0. The van der Waals surface area contributed by atoms with Crippen LogP contribution in [0.15, 0.2) is 18.2 Å². The number of imide groups is 1. The molecule has 0 unspecified atom stereocenters. The van der Waals surface area contributed by atoms with Crippen LogP contribution >= 0.6 is 7.60 Å². The van der Waals surface area contributed by atoms with Gasteiger partial charge in [-0.25, -0.2) is 9.69 Å². The van der Waals surface area contributed by atoms with Crippen molar-refractivity contribution in [3.8, 4) is 11.5 Å². The van der Waals surface area contributed by atoms with Gasteiger partial charge in [-0.3, -0.25) is 9.36 Å². The average Bonchev–Trinajstić information content (AvgIpc) is 3.24. The van der Waals surface area contributed by atoms with Gasteiger partial charge in [0.05, 0.1) is 13.2 Å². The molecule has 0 N–H and O–H groups in total. The summed E-state index contributed by atoms with van der Waals surface area (Å²) in [7, 11) is -3.86. The van der Waals surface area contributed by atoms with Crippen molar-refractivity contribution in [3.63, 3.8) is 0 Å². The molecule has 1 aromatic carbocycles. The maximum atomic E-state index is 13.6. The standard InChI is InChI=1S/C20H28NO8P/c1-6-27-30(24,28-7-2)17-14(13-8-9-15-16(10-13)26-12-25-15)11-21(18(17)22)19(23)29-20(3,4)5/h8-10,14,17H,6-7,11-12H2,1-5H3/t14-,17-/m0/s1. The van der Waals surface area contributed by atoms with E-state index in [0.29, 0.717) is 17.1 Å². The first kappa shape index (κ1) is 22.6. The minimum atomic E-state index is -3.86. The molecule has 0 aliphatic carbocycles. The summed E-state index contributed by atoms with van der Waals surface area (Å²) in [4.78, 5) is 27.0. The highest BCUT2D eigenvalue weighted by Gasteiger charge is 2.56. The van der Waals surface area contributed by atoms with Gasteiger partial charge in [-0.05, 0) is 52.3 Å². The zero-order chi connectivity index (χ0) is 22.1. The second-order valence-electron chi connectivity index (χ2n) is 7.97. The Labute approximate surface area is 176 Å². The summed E-state index contributed by atoms with van der Waals surface area (Å²) < 4.78 is 40.7. The number of hydrogen-bond acceptors (Lipinski definition) is 8. The van der Waals surface area contributed by atoms with Crippen molar-refractivity contribution in [2.24, 2.45) is 0 Å². The third-order valence-corrected chi connectivity index (χ3v) is 7.18. The van der Waals surface area contributed by atoms with Crippen molar-refractivity contribution in [1.29, 1.82) is 0 Å². The van der Waals surface area contributed by atoms with Gasteiger partial charge in [-0.15, -0.1) is 0 Å². The Morgan fingerprint density at radius 3 is 2.40 bits per heavy atom.